The van der Waals surface area contributed by atoms with Gasteiger partial charge in [0.1, 0.15) is 24.1 Å². The molecule has 5 heterocycles. The first-order chi connectivity index (χ1) is 15.6. The number of rotatable bonds is 6. The molecule has 3 saturated heterocycles. The van der Waals surface area contributed by atoms with E-state index in [0.717, 1.165) is 24.2 Å². The number of pyridine rings is 2. The van der Waals surface area contributed by atoms with Crippen LogP contribution in [0.2, 0.25) is 0 Å². The summed E-state index contributed by atoms with van der Waals surface area (Å²) in [6.07, 6.45) is 5.32. The van der Waals surface area contributed by atoms with Gasteiger partial charge in [0.15, 0.2) is 0 Å². The van der Waals surface area contributed by atoms with Gasteiger partial charge in [0.25, 0.3) is 0 Å². The van der Waals surface area contributed by atoms with E-state index in [-0.39, 0.29) is 24.6 Å². The molecule has 3 aliphatic rings. The zero-order valence-corrected chi connectivity index (χ0v) is 17.9. The van der Waals surface area contributed by atoms with E-state index >= 15 is 0 Å². The summed E-state index contributed by atoms with van der Waals surface area (Å²) in [5.41, 5.74) is 0.812. The van der Waals surface area contributed by atoms with Gasteiger partial charge in [0, 0.05) is 43.6 Å². The molecule has 3 aliphatic heterocycles. The molecule has 3 fully saturated rings. The summed E-state index contributed by atoms with van der Waals surface area (Å²) < 4.78 is 16.8. The van der Waals surface area contributed by atoms with Gasteiger partial charge < -0.3 is 24.0 Å². The molecule has 0 spiro atoms. The van der Waals surface area contributed by atoms with Crippen LogP contribution in [0.1, 0.15) is 24.0 Å². The summed E-state index contributed by atoms with van der Waals surface area (Å²) in [4.78, 5) is 25.9. The molecule has 5 rings (SSSR count). The molecule has 2 unspecified atom stereocenters. The highest BCUT2D eigenvalue weighted by molar-refractivity contribution is 5.78. The summed E-state index contributed by atoms with van der Waals surface area (Å²) >= 11 is 0. The molecule has 9 nitrogen and oxygen atoms in total. The van der Waals surface area contributed by atoms with E-state index in [9.17, 15) is 4.79 Å². The maximum Gasteiger partial charge on any atom is 0.248 e. The second kappa shape index (κ2) is 8.37. The third kappa shape index (κ3) is 3.66. The highest BCUT2D eigenvalue weighted by Crippen LogP contribution is 2.36. The highest BCUT2D eigenvalue weighted by atomic mass is 16.6. The van der Waals surface area contributed by atoms with Crippen LogP contribution in [0.3, 0.4) is 0 Å². The second-order valence-electron chi connectivity index (χ2n) is 8.47. The van der Waals surface area contributed by atoms with Gasteiger partial charge in [0.2, 0.25) is 11.8 Å². The number of ether oxygens (including phenoxy) is 3. The van der Waals surface area contributed by atoms with Crippen LogP contribution in [0.15, 0.2) is 36.7 Å². The Morgan fingerprint density at radius 3 is 2.62 bits per heavy atom. The first-order valence-corrected chi connectivity index (χ1v) is 10.8. The molecular formula is C23H25N5O4. The first-order valence-electron chi connectivity index (χ1n) is 10.8. The van der Waals surface area contributed by atoms with Crippen molar-refractivity contribution >= 4 is 11.7 Å². The van der Waals surface area contributed by atoms with Gasteiger partial charge in [-0.2, -0.15) is 5.26 Å². The van der Waals surface area contributed by atoms with Gasteiger partial charge in [-0.05, 0) is 36.6 Å². The lowest BCUT2D eigenvalue weighted by atomic mass is 9.92. The van der Waals surface area contributed by atoms with Crippen molar-refractivity contribution in [1.82, 2.24) is 14.9 Å². The van der Waals surface area contributed by atoms with Crippen LogP contribution in [-0.4, -0.2) is 72.9 Å². The fraction of sp³-hybridized carbons (Fsp3) is 0.478. The topological polar surface area (TPSA) is 101 Å². The number of nitriles is 1. The first kappa shape index (κ1) is 20.7. The summed E-state index contributed by atoms with van der Waals surface area (Å²) in [6.45, 7) is 2.09. The predicted octanol–water partition coefficient (Wildman–Crippen LogP) is 1.48. The monoisotopic (exact) mass is 435 g/mol. The minimum absolute atomic E-state index is 0.00253. The summed E-state index contributed by atoms with van der Waals surface area (Å²) in [5, 5.41) is 9.00. The SMILES string of the molecule is COc1cc(C2(OCC(=O)N3CC4CCC(C3)N4c3ccc(C#N)cn3)COC2)ccn1. The van der Waals surface area contributed by atoms with Crippen LogP contribution in [0.5, 0.6) is 5.88 Å². The normalized spacial score (nSPS) is 23.4. The van der Waals surface area contributed by atoms with E-state index in [2.05, 4.69) is 20.9 Å². The number of carbonyl (C=O) groups is 1. The van der Waals surface area contributed by atoms with Crippen LogP contribution in [0.25, 0.3) is 0 Å². The number of likely N-dealkylation sites (tertiary alicyclic amines) is 1. The quantitative estimate of drug-likeness (QED) is 0.673. The number of carbonyl (C=O) groups excluding carboxylic acids is 1. The molecule has 2 aromatic rings. The van der Waals surface area contributed by atoms with Crippen molar-refractivity contribution in [3.8, 4) is 11.9 Å². The molecule has 1 amide bonds. The fourth-order valence-electron chi connectivity index (χ4n) is 4.80. The molecular weight excluding hydrogens is 410 g/mol. The Balaban J connectivity index is 1.23. The van der Waals surface area contributed by atoms with E-state index in [1.807, 2.05) is 23.1 Å². The number of amides is 1. The zero-order valence-electron chi connectivity index (χ0n) is 17.9. The van der Waals surface area contributed by atoms with Crippen molar-refractivity contribution < 1.29 is 19.0 Å². The average molecular weight is 435 g/mol. The third-order valence-electron chi connectivity index (χ3n) is 6.59. The number of anilines is 1. The number of piperazine rings is 1. The van der Waals surface area contributed by atoms with Crippen LogP contribution < -0.4 is 9.64 Å². The minimum atomic E-state index is -0.640. The lowest BCUT2D eigenvalue weighted by Crippen LogP contribution is -2.57. The Labute approximate surface area is 186 Å². The molecule has 2 bridgehead atoms. The van der Waals surface area contributed by atoms with E-state index in [0.29, 0.717) is 37.7 Å². The van der Waals surface area contributed by atoms with Crippen LogP contribution in [0.4, 0.5) is 5.82 Å². The summed E-state index contributed by atoms with van der Waals surface area (Å²) in [5.74, 6) is 1.37. The lowest BCUT2D eigenvalue weighted by Gasteiger charge is -2.43. The van der Waals surface area contributed by atoms with Gasteiger partial charge in [-0.1, -0.05) is 0 Å². The number of hydrogen-bond donors (Lipinski definition) is 0. The molecule has 0 saturated carbocycles. The number of nitrogens with zero attached hydrogens (tertiary/aromatic N) is 5. The van der Waals surface area contributed by atoms with Crippen molar-refractivity contribution in [2.24, 2.45) is 0 Å². The van der Waals surface area contributed by atoms with Crippen LogP contribution >= 0.6 is 0 Å². The zero-order chi connectivity index (χ0) is 22.1. The van der Waals surface area contributed by atoms with Crippen molar-refractivity contribution in [2.45, 2.75) is 30.5 Å². The van der Waals surface area contributed by atoms with E-state index in [1.54, 1.807) is 25.6 Å². The van der Waals surface area contributed by atoms with Crippen molar-refractivity contribution in [1.29, 1.82) is 5.26 Å². The summed E-state index contributed by atoms with van der Waals surface area (Å²) in [7, 11) is 1.57. The molecule has 0 radical (unpaired) electrons. The molecule has 9 heteroatoms. The molecule has 32 heavy (non-hydrogen) atoms. The van der Waals surface area contributed by atoms with Gasteiger partial charge >= 0.3 is 0 Å². The molecule has 0 N–H and O–H groups in total. The van der Waals surface area contributed by atoms with E-state index in [1.165, 1.54) is 0 Å². The molecule has 0 aromatic carbocycles. The maximum absolute atomic E-state index is 13.0. The molecule has 2 atom stereocenters. The van der Waals surface area contributed by atoms with Gasteiger partial charge in [-0.15, -0.1) is 0 Å². The van der Waals surface area contributed by atoms with Crippen LogP contribution in [-0.2, 0) is 19.9 Å². The Morgan fingerprint density at radius 1 is 1.25 bits per heavy atom. The number of fused-ring (bicyclic) bond motifs is 2. The number of hydrogen-bond acceptors (Lipinski definition) is 8. The molecule has 166 valence electrons. The van der Waals surface area contributed by atoms with Crippen molar-refractivity contribution in [3.05, 3.63) is 47.8 Å². The Hall–Kier alpha value is -3.22. The third-order valence-corrected chi connectivity index (χ3v) is 6.59. The fourth-order valence-corrected chi connectivity index (χ4v) is 4.80. The number of aromatic nitrogens is 2. The largest absolute Gasteiger partial charge is 0.481 e. The van der Waals surface area contributed by atoms with Crippen LogP contribution in [0, 0.1) is 11.3 Å². The average Bonchev–Trinajstić information content (AvgIpc) is 3.07. The van der Waals surface area contributed by atoms with Crippen molar-refractivity contribution in [3.63, 3.8) is 0 Å². The maximum atomic E-state index is 13.0. The Kier molecular flexibility index (Phi) is 5.41. The van der Waals surface area contributed by atoms with Gasteiger partial charge in [0.05, 0.1) is 25.9 Å². The van der Waals surface area contributed by atoms with Gasteiger partial charge in [-0.3, -0.25) is 4.79 Å². The lowest BCUT2D eigenvalue weighted by molar-refractivity contribution is -0.218. The minimum Gasteiger partial charge on any atom is -0.481 e. The van der Waals surface area contributed by atoms with E-state index < -0.39 is 5.60 Å². The molecule has 2 aromatic heterocycles. The molecule has 0 aliphatic carbocycles. The second-order valence-corrected chi connectivity index (χ2v) is 8.47. The van der Waals surface area contributed by atoms with Gasteiger partial charge in [-0.25, -0.2) is 9.97 Å². The summed E-state index contributed by atoms with van der Waals surface area (Å²) in [6, 6.07) is 9.95. The van der Waals surface area contributed by atoms with E-state index in [4.69, 9.17) is 19.5 Å². The smallest absolute Gasteiger partial charge is 0.248 e. The standard InChI is InChI=1S/C23H25N5O4/c1-30-21-8-17(6-7-25-21)23(14-31-15-23)32-13-22(29)27-11-18-3-4-19(12-27)28(18)20-5-2-16(9-24)10-26-20/h2,5-8,10,18-19H,3-4,11-15H2,1H3. The Bertz CT molecular complexity index is 1020. The highest BCUT2D eigenvalue weighted by Gasteiger charge is 2.45. The Morgan fingerprint density at radius 2 is 2.03 bits per heavy atom. The van der Waals surface area contributed by atoms with Crippen molar-refractivity contribution in [2.75, 3.05) is 44.9 Å². The number of methoxy groups -OCH3 is 1. The predicted molar refractivity (Wildman–Crippen MR) is 114 cm³/mol.